The second-order valence-corrected chi connectivity index (χ2v) is 18.3. The van der Waals surface area contributed by atoms with E-state index >= 15 is 0 Å². The highest BCUT2D eigenvalue weighted by Gasteiger charge is 2.63. The predicted octanol–water partition coefficient (Wildman–Crippen LogP) is 1.22. The lowest BCUT2D eigenvalue weighted by Gasteiger charge is -2.33. The summed E-state index contributed by atoms with van der Waals surface area (Å²) in [7, 11) is -1.18. The van der Waals surface area contributed by atoms with Gasteiger partial charge in [0, 0.05) is 33.0 Å². The Morgan fingerprint density at radius 3 is 2.42 bits per heavy atom. The summed E-state index contributed by atoms with van der Waals surface area (Å²) < 4.78 is 35.2. The van der Waals surface area contributed by atoms with E-state index in [1.54, 1.807) is 38.1 Å². The van der Waals surface area contributed by atoms with Crippen LogP contribution in [0.25, 0.3) is 10.8 Å². The van der Waals surface area contributed by atoms with E-state index in [0.29, 0.717) is 42.9 Å². The molecule has 2 aromatic rings. The molecule has 17 heteroatoms. The quantitative estimate of drug-likeness (QED) is 0.271. The van der Waals surface area contributed by atoms with Crippen LogP contribution in [-0.4, -0.2) is 107 Å². The van der Waals surface area contributed by atoms with Gasteiger partial charge < -0.3 is 25.2 Å². The molecule has 1 saturated heterocycles. The number of likely N-dealkylation sites (N-methyl/N-ethyl adjacent to an activating group) is 1. The number of nitrogens with zero attached hydrogens (tertiary/aromatic N) is 4. The summed E-state index contributed by atoms with van der Waals surface area (Å²) in [5.41, 5.74) is -1.89. The van der Waals surface area contributed by atoms with Crippen LogP contribution < -0.4 is 25.7 Å². The Bertz CT molecular complexity index is 2100. The van der Waals surface area contributed by atoms with Crippen LogP contribution in [0.3, 0.4) is 0 Å². The number of amides is 5. The van der Waals surface area contributed by atoms with Crippen molar-refractivity contribution in [1.82, 2.24) is 34.9 Å². The first kappa shape index (κ1) is 39.9. The maximum Gasteiger partial charge on any atom is 0.311 e. The van der Waals surface area contributed by atoms with Gasteiger partial charge in [-0.15, -0.1) is 5.10 Å². The molecule has 0 unspecified atom stereocenters. The van der Waals surface area contributed by atoms with E-state index in [4.69, 9.17) is 4.74 Å². The van der Waals surface area contributed by atoms with E-state index in [0.717, 1.165) is 4.90 Å². The summed E-state index contributed by atoms with van der Waals surface area (Å²) in [4.78, 5) is 84.4. The minimum absolute atomic E-state index is 0.0600. The van der Waals surface area contributed by atoms with Crippen LogP contribution >= 0.6 is 0 Å². The van der Waals surface area contributed by atoms with Crippen molar-refractivity contribution in [2.75, 3.05) is 20.6 Å². The number of benzene rings is 1. The second kappa shape index (κ2) is 15.0. The monoisotopic (exact) mass is 781 g/mol. The topological polar surface area (TPSA) is 206 Å². The van der Waals surface area contributed by atoms with E-state index in [9.17, 15) is 37.2 Å². The largest absolute Gasteiger partial charge is 0.471 e. The van der Waals surface area contributed by atoms with Gasteiger partial charge in [0.2, 0.25) is 27.7 Å². The van der Waals surface area contributed by atoms with Gasteiger partial charge in [-0.1, -0.05) is 38.1 Å². The van der Waals surface area contributed by atoms with Crippen LogP contribution in [0.2, 0.25) is 0 Å². The van der Waals surface area contributed by atoms with Gasteiger partial charge in [0.25, 0.3) is 11.5 Å². The van der Waals surface area contributed by atoms with Gasteiger partial charge in [-0.2, -0.15) is 0 Å². The molecule has 6 rings (SSSR count). The van der Waals surface area contributed by atoms with E-state index in [2.05, 4.69) is 20.5 Å². The number of hydrogen-bond acceptors (Lipinski definition) is 10. The average molecular weight is 782 g/mol. The van der Waals surface area contributed by atoms with E-state index in [-0.39, 0.29) is 43.3 Å². The lowest BCUT2D eigenvalue weighted by atomic mass is 9.87. The number of aryl methyl sites for hydroxylation is 1. The number of aromatic nitrogens is 2. The molecule has 0 bridgehead atoms. The molecule has 7 atom stereocenters. The summed E-state index contributed by atoms with van der Waals surface area (Å²) in [5.74, 6) is -4.74. The maximum atomic E-state index is 14.7. The predicted molar refractivity (Wildman–Crippen MR) is 202 cm³/mol. The van der Waals surface area contributed by atoms with Crippen LogP contribution in [-0.2, 0) is 40.5 Å². The smallest absolute Gasteiger partial charge is 0.311 e. The molecule has 2 aliphatic heterocycles. The maximum absolute atomic E-state index is 14.7. The molecular formula is C38H51N7O9S. The van der Waals surface area contributed by atoms with Crippen LogP contribution in [0.15, 0.2) is 41.2 Å². The molecule has 0 radical (unpaired) electrons. The van der Waals surface area contributed by atoms with Crippen molar-refractivity contribution < 1.29 is 37.1 Å². The third kappa shape index (κ3) is 7.85. The van der Waals surface area contributed by atoms with Crippen molar-refractivity contribution in [2.45, 2.75) is 108 Å². The van der Waals surface area contributed by atoms with Gasteiger partial charge in [0.05, 0.1) is 22.1 Å². The molecule has 3 heterocycles. The average Bonchev–Trinajstić information content (AvgIpc) is 4.02. The van der Waals surface area contributed by atoms with E-state index < -0.39 is 79.9 Å². The van der Waals surface area contributed by atoms with Crippen molar-refractivity contribution in [3.8, 4) is 5.88 Å². The second-order valence-electron chi connectivity index (χ2n) is 16.1. The SMILES string of the molecule is CCn1nc(O[C@@H]2C[C@H]3C(=O)N[C@]4(C(=O)NS(=O)(=O)C5(C)CC5)C[C@H]4C=CCC[C@H](C)C[C@@H](C)[C@H](NC(=O)C(=O)N(C)C)C(=O)N3C2)c2ccccc2c1=O. The van der Waals surface area contributed by atoms with Gasteiger partial charge in [-0.3, -0.25) is 33.5 Å². The lowest BCUT2D eigenvalue weighted by Crippen LogP contribution is -2.60. The summed E-state index contributed by atoms with van der Waals surface area (Å²) in [6.45, 7) is 7.29. The van der Waals surface area contributed by atoms with Crippen molar-refractivity contribution in [3.63, 3.8) is 0 Å². The summed E-state index contributed by atoms with van der Waals surface area (Å²) in [5, 5.41) is 10.8. The summed E-state index contributed by atoms with van der Waals surface area (Å²) in [6.07, 6.45) is 5.67. The number of rotatable bonds is 7. The normalized spacial score (nSPS) is 29.2. The Morgan fingerprint density at radius 2 is 1.76 bits per heavy atom. The standard InChI is InChI=1S/C38H51N7O9S/c1-7-45-33(48)27-15-11-10-14-26(27)32(41-45)54-25-19-28-30(46)40-38(36(51)42-55(52,53)37(4)16-17-37)20-24(38)13-9-8-12-22(2)18-23(3)29(34(49)44(28)21-25)39-31(47)35(50)43(5)6/h9-11,13-15,22-25,28-29H,7-8,12,16-21H2,1-6H3,(H,39,47)(H,40,46)(H,42,51)/t22-,23+,24+,25+,28-,29-,38+/m0/s1. The molecule has 3 N–H and O–H groups in total. The molecular weight excluding hydrogens is 731 g/mol. The first-order chi connectivity index (χ1) is 25.9. The number of allylic oxidation sites excluding steroid dienone is 1. The summed E-state index contributed by atoms with van der Waals surface area (Å²) >= 11 is 0. The Balaban J connectivity index is 1.38. The first-order valence-corrected chi connectivity index (χ1v) is 20.4. The molecule has 2 saturated carbocycles. The molecule has 16 nitrogen and oxygen atoms in total. The van der Waals surface area contributed by atoms with Crippen LogP contribution in [0.4, 0.5) is 0 Å². The van der Waals surface area contributed by atoms with Gasteiger partial charge in [-0.05, 0) is 76.3 Å². The third-order valence-electron chi connectivity index (χ3n) is 11.5. The molecule has 55 heavy (non-hydrogen) atoms. The molecule has 3 fully saturated rings. The van der Waals surface area contributed by atoms with Gasteiger partial charge in [0.1, 0.15) is 23.7 Å². The van der Waals surface area contributed by atoms with Crippen LogP contribution in [0.5, 0.6) is 5.88 Å². The number of carbonyl (C=O) groups is 5. The van der Waals surface area contributed by atoms with Gasteiger partial charge >= 0.3 is 11.8 Å². The zero-order chi connectivity index (χ0) is 40.0. The molecule has 1 aromatic carbocycles. The highest BCUT2D eigenvalue weighted by Crippen LogP contribution is 2.47. The van der Waals surface area contributed by atoms with Gasteiger partial charge in [0.15, 0.2) is 0 Å². The zero-order valence-corrected chi connectivity index (χ0v) is 33.0. The van der Waals surface area contributed by atoms with Crippen LogP contribution in [0.1, 0.15) is 72.6 Å². The fourth-order valence-electron chi connectivity index (χ4n) is 7.67. The molecule has 5 amide bonds. The number of ether oxygens (including phenoxy) is 1. The fourth-order valence-corrected chi connectivity index (χ4v) is 8.98. The molecule has 298 valence electrons. The van der Waals surface area contributed by atoms with Gasteiger partial charge in [-0.25, -0.2) is 13.1 Å². The van der Waals surface area contributed by atoms with Crippen molar-refractivity contribution in [2.24, 2.45) is 17.8 Å². The van der Waals surface area contributed by atoms with E-state index in [1.165, 1.54) is 23.7 Å². The van der Waals surface area contributed by atoms with Crippen molar-refractivity contribution >= 4 is 50.3 Å². The molecule has 0 spiro atoms. The first-order valence-electron chi connectivity index (χ1n) is 19.0. The Labute approximate surface area is 320 Å². The van der Waals surface area contributed by atoms with Crippen molar-refractivity contribution in [1.29, 1.82) is 0 Å². The van der Waals surface area contributed by atoms with Crippen LogP contribution in [0, 0.1) is 17.8 Å². The lowest BCUT2D eigenvalue weighted by molar-refractivity contribution is -0.148. The Morgan fingerprint density at radius 1 is 1.07 bits per heavy atom. The number of sulfonamides is 1. The Hall–Kier alpha value is -4.80. The minimum Gasteiger partial charge on any atom is -0.471 e. The fraction of sp³-hybridized carbons (Fsp3) is 0.605. The Kier molecular flexibility index (Phi) is 10.9. The number of nitrogens with one attached hydrogen (secondary N) is 3. The summed E-state index contributed by atoms with van der Waals surface area (Å²) in [6, 6.07) is 4.38. The van der Waals surface area contributed by atoms with Crippen molar-refractivity contribution in [3.05, 3.63) is 46.8 Å². The zero-order valence-electron chi connectivity index (χ0n) is 32.2. The highest BCUT2D eigenvalue weighted by atomic mass is 32.2. The molecule has 2 aliphatic carbocycles. The molecule has 4 aliphatic rings. The minimum atomic E-state index is -4.03. The number of carbonyl (C=O) groups excluding carboxylic acids is 5. The highest BCUT2D eigenvalue weighted by molar-refractivity contribution is 7.91. The number of hydrogen-bond donors (Lipinski definition) is 3. The number of fused-ring (bicyclic) bond motifs is 3. The third-order valence-corrected chi connectivity index (χ3v) is 13.7. The van der Waals surface area contributed by atoms with E-state index in [1.807, 2.05) is 26.0 Å². The molecule has 1 aromatic heterocycles.